The van der Waals surface area contributed by atoms with Gasteiger partial charge in [-0.1, -0.05) is 49.5 Å². The van der Waals surface area contributed by atoms with Crippen molar-refractivity contribution < 1.29 is 28.8 Å². The molecule has 0 aromatic heterocycles. The van der Waals surface area contributed by atoms with Crippen LogP contribution < -0.4 is 24.3 Å². The molecule has 4 atom stereocenters. The number of rotatable bonds is 8. The van der Waals surface area contributed by atoms with Crippen LogP contribution in [0.25, 0.3) is 0 Å². The second-order valence-electron chi connectivity index (χ2n) is 10.9. The lowest BCUT2D eigenvalue weighted by Crippen LogP contribution is -2.54. The fourth-order valence-electron chi connectivity index (χ4n) is 6.20. The Bertz CT molecular complexity index is 1330. The first-order valence-electron chi connectivity index (χ1n) is 13.4. The average Bonchev–Trinajstić information content (AvgIpc) is 2.95. The first-order valence-corrected chi connectivity index (χ1v) is 16.5. The molecule has 39 heavy (non-hydrogen) atoms. The normalized spacial score (nSPS) is 21.3. The molecule has 2 heterocycles. The average molecular weight is 548 g/mol. The number of methoxy groups -OCH3 is 2. The molecule has 5 rings (SSSR count). The highest BCUT2D eigenvalue weighted by Gasteiger charge is 2.47. The van der Waals surface area contributed by atoms with Crippen molar-refractivity contribution in [1.29, 1.82) is 0 Å². The molecule has 7 nitrogen and oxygen atoms in total. The molecule has 8 heteroatoms. The van der Waals surface area contributed by atoms with Gasteiger partial charge in [0.2, 0.25) is 0 Å². The molecule has 0 spiro atoms. The molecule has 0 fully saturated rings. The SMILES string of the molecule is COc1ccc([Si](C)(C)C(CCO)[C@H]2Oc3ccc(N4C(=O)COc5ccccc54)cc3[C@@H](OC)[C@@H]2C)cc1. The molecule has 206 valence electrons. The van der Waals surface area contributed by atoms with Crippen molar-refractivity contribution in [2.75, 3.05) is 32.3 Å². The Labute approximate surface area is 231 Å². The number of ether oxygens (including phenoxy) is 4. The Balaban J connectivity index is 1.51. The maximum absolute atomic E-state index is 13.0. The third-order valence-corrected chi connectivity index (χ3v) is 12.7. The second kappa shape index (κ2) is 11.0. The molecule has 1 unspecified atom stereocenters. The molecule has 1 amide bonds. The number of aliphatic hydroxyl groups is 1. The van der Waals surface area contributed by atoms with Gasteiger partial charge in [0.05, 0.1) is 27.0 Å². The van der Waals surface area contributed by atoms with Gasteiger partial charge in [-0.25, -0.2) is 0 Å². The van der Waals surface area contributed by atoms with Crippen LogP contribution in [0.5, 0.6) is 17.2 Å². The third-order valence-electron chi connectivity index (χ3n) is 8.38. The van der Waals surface area contributed by atoms with E-state index in [2.05, 4.69) is 32.2 Å². The predicted molar refractivity (Wildman–Crippen MR) is 154 cm³/mol. The molecular formula is C31H37NO6Si. The van der Waals surface area contributed by atoms with Crippen LogP contribution in [0.3, 0.4) is 0 Å². The van der Waals surface area contributed by atoms with E-state index in [9.17, 15) is 9.90 Å². The Morgan fingerprint density at radius 2 is 1.79 bits per heavy atom. The van der Waals surface area contributed by atoms with Gasteiger partial charge < -0.3 is 24.1 Å². The van der Waals surface area contributed by atoms with Crippen LogP contribution in [0.1, 0.15) is 25.0 Å². The van der Waals surface area contributed by atoms with E-state index < -0.39 is 8.07 Å². The fraction of sp³-hybridized carbons (Fsp3) is 0.387. The minimum Gasteiger partial charge on any atom is -0.497 e. The highest BCUT2D eigenvalue weighted by atomic mass is 28.3. The molecule has 2 aliphatic rings. The summed E-state index contributed by atoms with van der Waals surface area (Å²) in [6.45, 7) is 6.92. The highest BCUT2D eigenvalue weighted by Crippen LogP contribution is 2.49. The van der Waals surface area contributed by atoms with E-state index in [1.165, 1.54) is 5.19 Å². The van der Waals surface area contributed by atoms with Crippen molar-refractivity contribution in [2.24, 2.45) is 5.92 Å². The minimum absolute atomic E-state index is 0.00923. The summed E-state index contributed by atoms with van der Waals surface area (Å²) in [5, 5.41) is 11.4. The van der Waals surface area contributed by atoms with Gasteiger partial charge in [0.1, 0.15) is 23.4 Å². The second-order valence-corrected chi connectivity index (χ2v) is 15.6. The number of nitrogens with zero attached hydrogens (tertiary/aromatic N) is 1. The first kappa shape index (κ1) is 27.2. The summed E-state index contributed by atoms with van der Waals surface area (Å²) < 4.78 is 23.9. The Morgan fingerprint density at radius 1 is 1.05 bits per heavy atom. The predicted octanol–water partition coefficient (Wildman–Crippen LogP) is 5.21. The largest absolute Gasteiger partial charge is 0.497 e. The van der Waals surface area contributed by atoms with E-state index in [1.807, 2.05) is 54.6 Å². The van der Waals surface area contributed by atoms with E-state index in [4.69, 9.17) is 18.9 Å². The lowest BCUT2D eigenvalue weighted by Gasteiger charge is -2.46. The lowest BCUT2D eigenvalue weighted by molar-refractivity contribution is -0.120. The standard InChI is InChI=1S/C31H37NO6Si/c1-20-30(36-3)24-18-21(32-25-8-6-7-9-27(25)37-19-29(32)34)10-15-26(24)38-31(20)28(16-17-33)39(4,5)23-13-11-22(35-2)12-14-23/h6-15,18,20,28,30-31,33H,16-17,19H2,1-5H3/t20-,28?,30-,31-/m0/s1. The third kappa shape index (κ3) is 4.93. The number of aliphatic hydroxyl groups excluding tert-OH is 1. The summed E-state index contributed by atoms with van der Waals surface area (Å²) in [5.41, 5.74) is 2.54. The highest BCUT2D eigenvalue weighted by molar-refractivity contribution is 6.91. The van der Waals surface area contributed by atoms with Gasteiger partial charge in [0.25, 0.3) is 5.91 Å². The maximum Gasteiger partial charge on any atom is 0.269 e. The van der Waals surface area contributed by atoms with E-state index in [0.29, 0.717) is 12.2 Å². The van der Waals surface area contributed by atoms with E-state index in [-0.39, 0.29) is 42.8 Å². The zero-order chi connectivity index (χ0) is 27.7. The van der Waals surface area contributed by atoms with E-state index >= 15 is 0 Å². The van der Waals surface area contributed by atoms with Gasteiger partial charge >= 0.3 is 0 Å². The van der Waals surface area contributed by atoms with Crippen molar-refractivity contribution in [3.63, 3.8) is 0 Å². The molecule has 3 aromatic rings. The van der Waals surface area contributed by atoms with Crippen molar-refractivity contribution in [2.45, 2.75) is 44.2 Å². The molecule has 3 aromatic carbocycles. The van der Waals surface area contributed by atoms with Crippen LogP contribution >= 0.6 is 0 Å². The topological polar surface area (TPSA) is 77.5 Å². The van der Waals surface area contributed by atoms with Crippen LogP contribution in [0, 0.1) is 5.92 Å². The summed E-state index contributed by atoms with van der Waals surface area (Å²) in [6.07, 6.45) is 0.269. The summed E-state index contributed by atoms with van der Waals surface area (Å²) in [6, 6.07) is 21.7. The van der Waals surface area contributed by atoms with Crippen LogP contribution in [-0.4, -0.2) is 52.6 Å². The van der Waals surface area contributed by atoms with Crippen molar-refractivity contribution >= 4 is 30.5 Å². The summed E-state index contributed by atoms with van der Waals surface area (Å²) in [7, 11) is 1.29. The molecule has 0 saturated heterocycles. The van der Waals surface area contributed by atoms with Gasteiger partial charge in [-0.15, -0.1) is 0 Å². The Morgan fingerprint density at radius 3 is 2.49 bits per heavy atom. The van der Waals surface area contributed by atoms with Gasteiger partial charge in [0, 0.05) is 30.9 Å². The maximum atomic E-state index is 13.0. The number of carbonyl (C=O) groups excluding carboxylic acids is 1. The van der Waals surface area contributed by atoms with Gasteiger partial charge in [-0.2, -0.15) is 0 Å². The number of carbonyl (C=O) groups is 1. The fourth-order valence-corrected chi connectivity index (χ4v) is 9.70. The first-order chi connectivity index (χ1) is 18.8. The van der Waals surface area contributed by atoms with Crippen molar-refractivity contribution in [3.8, 4) is 17.2 Å². The Hall–Kier alpha value is -3.33. The molecular weight excluding hydrogens is 510 g/mol. The summed E-state index contributed by atoms with van der Waals surface area (Å²) in [4.78, 5) is 14.7. The van der Waals surface area contributed by atoms with Crippen LogP contribution in [0.15, 0.2) is 66.7 Å². The Kier molecular flexibility index (Phi) is 7.71. The van der Waals surface area contributed by atoms with Crippen molar-refractivity contribution in [1.82, 2.24) is 0 Å². The number of amides is 1. The van der Waals surface area contributed by atoms with Crippen LogP contribution in [-0.2, 0) is 9.53 Å². The number of benzene rings is 3. The zero-order valence-electron chi connectivity index (χ0n) is 23.2. The minimum atomic E-state index is -2.11. The quantitative estimate of drug-likeness (QED) is 0.391. The smallest absolute Gasteiger partial charge is 0.269 e. The van der Waals surface area contributed by atoms with E-state index in [1.54, 1.807) is 19.1 Å². The number of para-hydroxylation sites is 2. The zero-order valence-corrected chi connectivity index (χ0v) is 24.2. The lowest BCUT2D eigenvalue weighted by atomic mass is 9.86. The number of fused-ring (bicyclic) bond motifs is 2. The molecule has 1 N–H and O–H groups in total. The molecule has 0 aliphatic carbocycles. The number of anilines is 2. The molecule has 2 aliphatic heterocycles. The summed E-state index contributed by atoms with van der Waals surface area (Å²) >= 11 is 0. The molecule has 0 saturated carbocycles. The molecule has 0 radical (unpaired) electrons. The van der Waals surface area contributed by atoms with Gasteiger partial charge in [-0.05, 0) is 54.4 Å². The molecule has 0 bridgehead atoms. The van der Waals surface area contributed by atoms with Gasteiger partial charge in [-0.3, -0.25) is 9.69 Å². The number of hydrogen-bond donors (Lipinski definition) is 1. The summed E-state index contributed by atoms with van der Waals surface area (Å²) in [5.74, 6) is 2.16. The van der Waals surface area contributed by atoms with Crippen LogP contribution in [0.4, 0.5) is 11.4 Å². The monoisotopic (exact) mass is 547 g/mol. The van der Waals surface area contributed by atoms with E-state index in [0.717, 1.165) is 28.4 Å². The van der Waals surface area contributed by atoms with Gasteiger partial charge in [0.15, 0.2) is 6.61 Å². The van der Waals surface area contributed by atoms with Crippen molar-refractivity contribution in [3.05, 3.63) is 72.3 Å². The van der Waals surface area contributed by atoms with Crippen LogP contribution in [0.2, 0.25) is 18.6 Å². The number of hydrogen-bond acceptors (Lipinski definition) is 6.